The van der Waals surface area contributed by atoms with Crippen molar-refractivity contribution in [2.24, 2.45) is 5.92 Å². The third kappa shape index (κ3) is 5.43. The van der Waals surface area contributed by atoms with Crippen LogP contribution in [0.4, 0.5) is 5.82 Å². The van der Waals surface area contributed by atoms with Crippen LogP contribution in [0.1, 0.15) is 34.3 Å². The second-order valence-corrected chi connectivity index (χ2v) is 10.6. The van der Waals surface area contributed by atoms with Gasteiger partial charge in [0.2, 0.25) is 10.0 Å². The standard InChI is InChI=1S/C25H26ClN3O3S/c1-18-6-5-13-27-24(18)28-25(30)21-9-10-22(26)23(17-21)33(31,32)29-14-11-20(12-15-29)16-19-7-3-2-4-8-19/h2-10,13,17,20H,11-12,14-16H2,1H3,(H,27,28,30). The number of piperidine rings is 1. The molecule has 0 spiro atoms. The van der Waals surface area contributed by atoms with Gasteiger partial charge in [0.15, 0.2) is 0 Å². The van der Waals surface area contributed by atoms with Crippen LogP contribution in [0.2, 0.25) is 5.02 Å². The molecule has 1 aromatic heterocycles. The molecular weight excluding hydrogens is 458 g/mol. The number of carbonyl (C=O) groups is 1. The monoisotopic (exact) mass is 483 g/mol. The van der Waals surface area contributed by atoms with Crippen molar-refractivity contribution in [2.75, 3.05) is 18.4 Å². The molecule has 1 fully saturated rings. The lowest BCUT2D eigenvalue weighted by atomic mass is 9.91. The summed E-state index contributed by atoms with van der Waals surface area (Å²) in [6, 6.07) is 18.2. The summed E-state index contributed by atoms with van der Waals surface area (Å²) in [6.45, 7) is 2.70. The summed E-state index contributed by atoms with van der Waals surface area (Å²) in [4.78, 5) is 16.9. The van der Waals surface area contributed by atoms with Crippen molar-refractivity contribution in [1.29, 1.82) is 0 Å². The minimum absolute atomic E-state index is 0.0453. The topological polar surface area (TPSA) is 79.4 Å². The van der Waals surface area contributed by atoms with E-state index in [9.17, 15) is 13.2 Å². The SMILES string of the molecule is Cc1cccnc1NC(=O)c1ccc(Cl)c(S(=O)(=O)N2CCC(Cc3ccccc3)CC2)c1. The summed E-state index contributed by atoms with van der Waals surface area (Å²) in [6.07, 6.45) is 4.09. The molecule has 0 aliphatic carbocycles. The zero-order valence-electron chi connectivity index (χ0n) is 18.4. The first-order chi connectivity index (χ1) is 15.8. The van der Waals surface area contributed by atoms with E-state index in [-0.39, 0.29) is 15.5 Å². The van der Waals surface area contributed by atoms with Crippen molar-refractivity contribution in [3.05, 3.63) is 88.6 Å². The molecule has 0 bridgehead atoms. The van der Waals surface area contributed by atoms with Crippen LogP contribution in [0.5, 0.6) is 0 Å². The first-order valence-electron chi connectivity index (χ1n) is 10.9. The lowest BCUT2D eigenvalue weighted by molar-refractivity contribution is 0.102. The van der Waals surface area contributed by atoms with Crippen LogP contribution in [0.3, 0.4) is 0 Å². The molecule has 6 nitrogen and oxygen atoms in total. The molecule has 1 aliphatic rings. The maximum Gasteiger partial charge on any atom is 0.256 e. The Morgan fingerprint density at radius 3 is 2.52 bits per heavy atom. The fourth-order valence-corrected chi connectivity index (χ4v) is 6.05. The zero-order valence-corrected chi connectivity index (χ0v) is 19.9. The predicted octanol–water partition coefficient (Wildman–Crippen LogP) is 4.94. The van der Waals surface area contributed by atoms with Gasteiger partial charge in [-0.3, -0.25) is 4.79 Å². The highest BCUT2D eigenvalue weighted by atomic mass is 35.5. The predicted molar refractivity (Wildman–Crippen MR) is 130 cm³/mol. The van der Waals surface area contributed by atoms with Crippen LogP contribution in [-0.2, 0) is 16.4 Å². The molecule has 2 heterocycles. The van der Waals surface area contributed by atoms with Crippen molar-refractivity contribution >= 4 is 33.3 Å². The number of hydrogen-bond donors (Lipinski definition) is 1. The second-order valence-electron chi connectivity index (χ2n) is 8.31. The smallest absolute Gasteiger partial charge is 0.256 e. The normalized spacial score (nSPS) is 15.3. The quantitative estimate of drug-likeness (QED) is 0.538. The molecule has 4 rings (SSSR count). The molecule has 1 amide bonds. The fourth-order valence-electron chi connectivity index (χ4n) is 4.08. The minimum Gasteiger partial charge on any atom is -0.306 e. The van der Waals surface area contributed by atoms with Gasteiger partial charge in [-0.15, -0.1) is 0 Å². The van der Waals surface area contributed by atoms with E-state index in [1.165, 1.54) is 28.1 Å². The minimum atomic E-state index is -3.82. The van der Waals surface area contributed by atoms with Gasteiger partial charge in [-0.1, -0.05) is 48.0 Å². The Morgan fingerprint density at radius 2 is 1.82 bits per heavy atom. The maximum atomic E-state index is 13.4. The van der Waals surface area contributed by atoms with Gasteiger partial charge in [-0.05, 0) is 67.5 Å². The first kappa shape index (κ1) is 23.4. The summed E-state index contributed by atoms with van der Waals surface area (Å²) in [5.41, 5.74) is 2.29. The number of nitrogens with zero attached hydrogens (tertiary/aromatic N) is 2. The molecule has 1 saturated heterocycles. The van der Waals surface area contributed by atoms with Gasteiger partial charge in [-0.25, -0.2) is 13.4 Å². The number of halogens is 1. The lowest BCUT2D eigenvalue weighted by Crippen LogP contribution is -2.39. The summed E-state index contributed by atoms with van der Waals surface area (Å²) in [7, 11) is -3.82. The number of amides is 1. The number of anilines is 1. The number of sulfonamides is 1. The molecule has 0 saturated carbocycles. The van der Waals surface area contributed by atoms with E-state index in [1.54, 1.807) is 12.3 Å². The number of aromatic nitrogens is 1. The largest absolute Gasteiger partial charge is 0.306 e. The van der Waals surface area contributed by atoms with Crippen LogP contribution >= 0.6 is 11.6 Å². The van der Waals surface area contributed by atoms with Crippen molar-refractivity contribution in [2.45, 2.75) is 31.1 Å². The summed E-state index contributed by atoms with van der Waals surface area (Å²) >= 11 is 6.28. The van der Waals surface area contributed by atoms with Crippen LogP contribution < -0.4 is 5.32 Å². The van der Waals surface area contributed by atoms with Crippen molar-refractivity contribution in [3.63, 3.8) is 0 Å². The van der Waals surface area contributed by atoms with Gasteiger partial charge in [-0.2, -0.15) is 4.31 Å². The highest BCUT2D eigenvalue weighted by Crippen LogP contribution is 2.30. The van der Waals surface area contributed by atoms with Gasteiger partial charge in [0.25, 0.3) is 5.91 Å². The molecule has 2 aromatic carbocycles. The molecule has 3 aromatic rings. The number of rotatable bonds is 6. The van der Waals surface area contributed by atoms with Gasteiger partial charge in [0, 0.05) is 24.8 Å². The molecule has 33 heavy (non-hydrogen) atoms. The molecule has 172 valence electrons. The number of nitrogens with one attached hydrogen (secondary N) is 1. The van der Waals surface area contributed by atoms with Crippen molar-refractivity contribution in [1.82, 2.24) is 9.29 Å². The van der Waals surface area contributed by atoms with Crippen LogP contribution in [0.25, 0.3) is 0 Å². The lowest BCUT2D eigenvalue weighted by Gasteiger charge is -2.31. The fraction of sp³-hybridized carbons (Fsp3) is 0.280. The number of carbonyl (C=O) groups excluding carboxylic acids is 1. The number of aryl methyl sites for hydroxylation is 1. The van der Waals surface area contributed by atoms with Crippen molar-refractivity contribution in [3.8, 4) is 0 Å². The molecule has 8 heteroatoms. The Kier molecular flexibility index (Phi) is 7.12. The van der Waals surface area contributed by atoms with E-state index < -0.39 is 15.9 Å². The van der Waals surface area contributed by atoms with Gasteiger partial charge in [0.1, 0.15) is 10.7 Å². The first-order valence-corrected chi connectivity index (χ1v) is 12.7. The third-order valence-corrected chi connectivity index (χ3v) is 8.37. The average molecular weight is 484 g/mol. The Balaban J connectivity index is 1.47. The Bertz CT molecular complexity index is 1240. The Hall–Kier alpha value is -2.74. The average Bonchev–Trinajstić information content (AvgIpc) is 2.82. The van der Waals surface area contributed by atoms with Gasteiger partial charge >= 0.3 is 0 Å². The van der Waals surface area contributed by atoms with Crippen LogP contribution in [0, 0.1) is 12.8 Å². The summed E-state index contributed by atoms with van der Waals surface area (Å²) < 4.78 is 28.2. The second kappa shape index (κ2) is 10.0. The maximum absolute atomic E-state index is 13.4. The van der Waals surface area contributed by atoms with E-state index in [0.29, 0.717) is 24.8 Å². The molecule has 1 aliphatic heterocycles. The molecule has 0 unspecified atom stereocenters. The third-order valence-electron chi connectivity index (χ3n) is 5.99. The van der Waals surface area contributed by atoms with Gasteiger partial charge in [0.05, 0.1) is 5.02 Å². The van der Waals surface area contributed by atoms with Gasteiger partial charge < -0.3 is 5.32 Å². The molecule has 0 radical (unpaired) electrons. The highest BCUT2D eigenvalue weighted by molar-refractivity contribution is 7.89. The van der Waals surface area contributed by atoms with E-state index in [1.807, 2.05) is 31.2 Å². The zero-order chi connectivity index (χ0) is 23.4. The van der Waals surface area contributed by atoms with Crippen molar-refractivity contribution < 1.29 is 13.2 Å². The van der Waals surface area contributed by atoms with E-state index in [0.717, 1.165) is 24.8 Å². The molecule has 1 N–H and O–H groups in total. The number of hydrogen-bond acceptors (Lipinski definition) is 4. The molecular formula is C25H26ClN3O3S. The van der Waals surface area contributed by atoms with E-state index in [2.05, 4.69) is 22.4 Å². The Labute approximate surface area is 199 Å². The molecule has 0 atom stereocenters. The van der Waals surface area contributed by atoms with Crippen LogP contribution in [-0.4, -0.2) is 36.7 Å². The summed E-state index contributed by atoms with van der Waals surface area (Å²) in [5, 5.41) is 2.84. The number of benzene rings is 2. The van der Waals surface area contributed by atoms with Crippen LogP contribution in [0.15, 0.2) is 71.8 Å². The Morgan fingerprint density at radius 1 is 1.09 bits per heavy atom. The number of pyridine rings is 1. The summed E-state index contributed by atoms with van der Waals surface area (Å²) in [5.74, 6) is 0.432. The van der Waals surface area contributed by atoms with E-state index >= 15 is 0 Å². The highest BCUT2D eigenvalue weighted by Gasteiger charge is 2.31. The van der Waals surface area contributed by atoms with E-state index in [4.69, 9.17) is 11.6 Å².